The number of carbonyl (C=O) groups is 2. The van der Waals surface area contributed by atoms with Crippen molar-refractivity contribution in [1.82, 2.24) is 5.32 Å². The molecule has 8 heteroatoms. The highest BCUT2D eigenvalue weighted by Crippen LogP contribution is 2.26. The van der Waals surface area contributed by atoms with Crippen LogP contribution < -0.4 is 10.1 Å². The number of nitrogens with one attached hydrogen (secondary N) is 1. The van der Waals surface area contributed by atoms with Gasteiger partial charge in [0.2, 0.25) is 5.91 Å². The zero-order chi connectivity index (χ0) is 14.0. The molecule has 2 rings (SSSR count). The van der Waals surface area contributed by atoms with Crippen LogP contribution in [-0.2, 0) is 11.2 Å². The van der Waals surface area contributed by atoms with Gasteiger partial charge in [0.1, 0.15) is 5.75 Å². The van der Waals surface area contributed by atoms with E-state index in [2.05, 4.69) is 10.1 Å². The van der Waals surface area contributed by atoms with Gasteiger partial charge in [0.05, 0.1) is 5.25 Å². The van der Waals surface area contributed by atoms with Gasteiger partial charge in [-0.2, -0.15) is 0 Å². The van der Waals surface area contributed by atoms with Crippen LogP contribution in [0.1, 0.15) is 5.56 Å². The molecule has 1 aromatic rings. The number of hydrogen-bond acceptors (Lipinski definition) is 4. The number of ether oxygens (including phenoxy) is 1. The van der Waals surface area contributed by atoms with Gasteiger partial charge in [-0.3, -0.25) is 14.9 Å². The number of amides is 2. The second-order valence-electron chi connectivity index (χ2n) is 3.78. The van der Waals surface area contributed by atoms with E-state index in [4.69, 9.17) is 0 Å². The monoisotopic (exact) mass is 291 g/mol. The lowest BCUT2D eigenvalue weighted by atomic mass is 10.1. The highest BCUT2D eigenvalue weighted by Gasteiger charge is 2.32. The molecule has 1 atom stereocenters. The van der Waals surface area contributed by atoms with Crippen molar-refractivity contribution in [2.24, 2.45) is 0 Å². The first-order valence-electron chi connectivity index (χ1n) is 5.20. The van der Waals surface area contributed by atoms with Crippen LogP contribution in [0, 0.1) is 0 Å². The highest BCUT2D eigenvalue weighted by molar-refractivity contribution is 8.15. The van der Waals surface area contributed by atoms with Crippen LogP contribution in [0.5, 0.6) is 5.75 Å². The van der Waals surface area contributed by atoms with E-state index in [1.54, 1.807) is 0 Å². The molecule has 0 saturated carbocycles. The molecule has 2 amide bonds. The van der Waals surface area contributed by atoms with Crippen molar-refractivity contribution in [3.8, 4) is 5.75 Å². The lowest BCUT2D eigenvalue weighted by molar-refractivity contribution is -0.274. The lowest BCUT2D eigenvalue weighted by Gasteiger charge is -2.10. The topological polar surface area (TPSA) is 55.4 Å². The summed E-state index contributed by atoms with van der Waals surface area (Å²) >= 11 is 0.872. The van der Waals surface area contributed by atoms with Gasteiger partial charge in [-0.25, -0.2) is 0 Å². The smallest absolute Gasteiger partial charge is 0.406 e. The van der Waals surface area contributed by atoms with Gasteiger partial charge in [0.25, 0.3) is 5.24 Å². The summed E-state index contributed by atoms with van der Waals surface area (Å²) in [5, 5.41) is 1.19. The van der Waals surface area contributed by atoms with Crippen LogP contribution in [0.25, 0.3) is 0 Å². The van der Waals surface area contributed by atoms with Crippen molar-refractivity contribution < 1.29 is 27.5 Å². The molecule has 102 valence electrons. The van der Waals surface area contributed by atoms with Gasteiger partial charge < -0.3 is 4.74 Å². The van der Waals surface area contributed by atoms with Crippen molar-refractivity contribution in [2.75, 3.05) is 0 Å². The second-order valence-corrected chi connectivity index (χ2v) is 4.95. The molecule has 1 saturated heterocycles. The predicted molar refractivity (Wildman–Crippen MR) is 61.7 cm³/mol. The molecule has 0 aliphatic carbocycles. The summed E-state index contributed by atoms with van der Waals surface area (Å²) in [5.41, 5.74) is 0.650. The number of rotatable bonds is 3. The summed E-state index contributed by atoms with van der Waals surface area (Å²) in [4.78, 5) is 22.3. The second kappa shape index (κ2) is 5.12. The molecule has 0 radical (unpaired) electrons. The normalized spacial score (nSPS) is 19.4. The zero-order valence-electron chi connectivity index (χ0n) is 9.36. The van der Waals surface area contributed by atoms with E-state index in [-0.39, 0.29) is 18.1 Å². The Balaban J connectivity index is 1.99. The fraction of sp³-hybridized carbons (Fsp3) is 0.273. The summed E-state index contributed by atoms with van der Waals surface area (Å²) in [6.07, 6.45) is -4.45. The van der Waals surface area contributed by atoms with Gasteiger partial charge in [0, 0.05) is 0 Å². The van der Waals surface area contributed by atoms with Crippen molar-refractivity contribution in [3.63, 3.8) is 0 Å². The van der Waals surface area contributed by atoms with Gasteiger partial charge in [0.15, 0.2) is 0 Å². The van der Waals surface area contributed by atoms with Crippen LogP contribution in [0.3, 0.4) is 0 Å². The van der Waals surface area contributed by atoms with Crippen LogP contribution >= 0.6 is 11.8 Å². The molecule has 1 aliphatic rings. The number of halogens is 3. The minimum atomic E-state index is -4.73. The lowest BCUT2D eigenvalue weighted by Crippen LogP contribution is -2.25. The number of hydrogen-bond donors (Lipinski definition) is 1. The minimum absolute atomic E-state index is 0.272. The Hall–Kier alpha value is -1.70. The molecule has 0 bridgehead atoms. The third kappa shape index (κ3) is 3.88. The maximum Gasteiger partial charge on any atom is 0.573 e. The average Bonchev–Trinajstić information content (AvgIpc) is 2.58. The summed E-state index contributed by atoms with van der Waals surface area (Å²) in [6.45, 7) is 0. The van der Waals surface area contributed by atoms with E-state index in [0.29, 0.717) is 5.56 Å². The first-order chi connectivity index (χ1) is 8.83. The van der Waals surface area contributed by atoms with E-state index in [9.17, 15) is 22.8 Å². The Morgan fingerprint density at radius 1 is 1.21 bits per heavy atom. The molecule has 1 aliphatic heterocycles. The molecule has 0 aromatic heterocycles. The molecule has 19 heavy (non-hydrogen) atoms. The molecule has 4 nitrogen and oxygen atoms in total. The summed E-state index contributed by atoms with van der Waals surface area (Å²) in [5.74, 6) is -0.707. The molecular weight excluding hydrogens is 283 g/mol. The van der Waals surface area contributed by atoms with Crippen LogP contribution in [0.15, 0.2) is 24.3 Å². The van der Waals surface area contributed by atoms with Gasteiger partial charge in [-0.05, 0) is 24.1 Å². The van der Waals surface area contributed by atoms with Crippen LogP contribution in [0.2, 0.25) is 0 Å². The molecule has 1 heterocycles. The first kappa shape index (κ1) is 13.7. The number of thioether (sulfide) groups is 1. The fourth-order valence-corrected chi connectivity index (χ4v) is 2.43. The fourth-order valence-electron chi connectivity index (χ4n) is 1.57. The van der Waals surface area contributed by atoms with Crippen molar-refractivity contribution in [1.29, 1.82) is 0 Å². The minimum Gasteiger partial charge on any atom is -0.406 e. The Morgan fingerprint density at radius 2 is 1.84 bits per heavy atom. The van der Waals surface area contributed by atoms with Crippen molar-refractivity contribution in [3.05, 3.63) is 29.8 Å². The molecule has 0 spiro atoms. The third-order valence-electron chi connectivity index (χ3n) is 2.35. The Labute approximate surface area is 110 Å². The number of benzene rings is 1. The quantitative estimate of drug-likeness (QED) is 0.929. The number of imide groups is 1. The van der Waals surface area contributed by atoms with Crippen molar-refractivity contribution >= 4 is 22.9 Å². The largest absolute Gasteiger partial charge is 0.573 e. The summed E-state index contributed by atoms with van der Waals surface area (Å²) in [6, 6.07) is 5.19. The summed E-state index contributed by atoms with van der Waals surface area (Å²) in [7, 11) is 0. The number of alkyl halides is 3. The van der Waals surface area contributed by atoms with Gasteiger partial charge >= 0.3 is 6.36 Å². The van der Waals surface area contributed by atoms with E-state index in [1.807, 2.05) is 0 Å². The first-order valence-corrected chi connectivity index (χ1v) is 6.07. The average molecular weight is 291 g/mol. The van der Waals surface area contributed by atoms with E-state index >= 15 is 0 Å². The summed E-state index contributed by atoms with van der Waals surface area (Å²) < 4.78 is 39.6. The SMILES string of the molecule is O=C1NC(=O)C(Cc2ccc(OC(F)(F)F)cc2)S1. The molecule has 1 N–H and O–H groups in total. The third-order valence-corrected chi connectivity index (χ3v) is 3.33. The molecule has 1 aromatic carbocycles. The Morgan fingerprint density at radius 3 is 2.32 bits per heavy atom. The predicted octanol–water partition coefficient (Wildman–Crippen LogP) is 2.48. The van der Waals surface area contributed by atoms with Crippen LogP contribution in [-0.4, -0.2) is 22.8 Å². The zero-order valence-corrected chi connectivity index (χ0v) is 10.2. The Kier molecular flexibility index (Phi) is 3.70. The van der Waals surface area contributed by atoms with Gasteiger partial charge in [-0.1, -0.05) is 23.9 Å². The van der Waals surface area contributed by atoms with E-state index < -0.39 is 16.9 Å². The Bertz CT molecular complexity index is 501. The maximum atomic E-state index is 11.9. The van der Waals surface area contributed by atoms with E-state index in [1.165, 1.54) is 24.3 Å². The molecule has 1 unspecified atom stereocenters. The highest BCUT2D eigenvalue weighted by atomic mass is 32.2. The maximum absolute atomic E-state index is 11.9. The number of carbonyl (C=O) groups excluding carboxylic acids is 2. The molecule has 1 fully saturated rings. The van der Waals surface area contributed by atoms with Crippen LogP contribution in [0.4, 0.5) is 18.0 Å². The van der Waals surface area contributed by atoms with Crippen molar-refractivity contribution in [2.45, 2.75) is 18.0 Å². The van der Waals surface area contributed by atoms with E-state index in [0.717, 1.165) is 11.8 Å². The molecular formula is C11H8F3NO3S. The standard InChI is InChI=1S/C11H8F3NO3S/c12-11(13,14)18-7-3-1-6(2-4-7)5-8-9(16)15-10(17)19-8/h1-4,8H,5H2,(H,15,16,17). The van der Waals surface area contributed by atoms with Gasteiger partial charge in [-0.15, -0.1) is 13.2 Å².